The molecule has 1 saturated carbocycles. The summed E-state index contributed by atoms with van der Waals surface area (Å²) in [7, 11) is 0. The van der Waals surface area contributed by atoms with E-state index in [9.17, 15) is 10.2 Å². The van der Waals surface area contributed by atoms with Gasteiger partial charge in [0.05, 0.1) is 18.2 Å². The fourth-order valence-corrected chi connectivity index (χ4v) is 3.94. The molecule has 0 unspecified atom stereocenters. The molecule has 4 rings (SSSR count). The Morgan fingerprint density at radius 2 is 1.38 bits per heavy atom. The highest BCUT2D eigenvalue weighted by Crippen LogP contribution is 2.29. The van der Waals surface area contributed by atoms with E-state index in [1.807, 2.05) is 0 Å². The largest absolute Gasteiger partial charge is 0.391 e. The first kappa shape index (κ1) is 15.6. The highest BCUT2D eigenvalue weighted by atomic mass is 16.3. The van der Waals surface area contributed by atoms with Gasteiger partial charge < -0.3 is 15.5 Å². The van der Waals surface area contributed by atoms with Crippen LogP contribution in [0.4, 0.5) is 0 Å². The van der Waals surface area contributed by atoms with Crippen molar-refractivity contribution >= 4 is 21.5 Å². The first-order valence-electron chi connectivity index (χ1n) is 8.73. The average Bonchev–Trinajstić information content (AvgIpc) is 2.60. The maximum atomic E-state index is 10.2. The lowest BCUT2D eigenvalue weighted by atomic mass is 9.89. The number of nitrogens with one attached hydrogen (secondary N) is 1. The van der Waals surface area contributed by atoms with Crippen molar-refractivity contribution in [3.8, 4) is 0 Å². The van der Waals surface area contributed by atoms with Crippen molar-refractivity contribution in [3.05, 3.63) is 60.2 Å². The zero-order valence-corrected chi connectivity index (χ0v) is 13.7. The van der Waals surface area contributed by atoms with E-state index in [1.54, 1.807) is 0 Å². The summed E-state index contributed by atoms with van der Waals surface area (Å²) in [6.07, 6.45) is 1.44. The van der Waals surface area contributed by atoms with Crippen molar-refractivity contribution in [3.63, 3.8) is 0 Å². The number of fused-ring (bicyclic) bond motifs is 2. The summed E-state index contributed by atoms with van der Waals surface area (Å²) in [4.78, 5) is 0. The van der Waals surface area contributed by atoms with Crippen LogP contribution in [0.2, 0.25) is 0 Å². The Morgan fingerprint density at radius 3 is 1.96 bits per heavy atom. The number of hydrogen-bond donors (Lipinski definition) is 3. The number of benzene rings is 3. The first-order valence-corrected chi connectivity index (χ1v) is 8.73. The van der Waals surface area contributed by atoms with Crippen LogP contribution in [-0.4, -0.2) is 28.5 Å². The highest BCUT2D eigenvalue weighted by Gasteiger charge is 2.30. The van der Waals surface area contributed by atoms with E-state index in [0.717, 1.165) is 19.3 Å². The standard InChI is InChI=1S/C21H23NO2/c23-19-10-5-11-20(24)21(19)22-13-18-16-8-3-1-6-14(16)12-15-7-2-4-9-17(15)18/h1-4,6-9,12,19-24H,5,10-11,13H2/t19-,20+,21+. The van der Waals surface area contributed by atoms with E-state index in [0.29, 0.717) is 6.54 Å². The smallest absolute Gasteiger partial charge is 0.0718 e. The average molecular weight is 321 g/mol. The van der Waals surface area contributed by atoms with E-state index in [1.165, 1.54) is 27.1 Å². The summed E-state index contributed by atoms with van der Waals surface area (Å²) in [5, 5.41) is 28.8. The second-order valence-corrected chi connectivity index (χ2v) is 6.77. The molecular formula is C21H23NO2. The Bertz CT molecular complexity index is 797. The number of aliphatic hydroxyl groups is 2. The number of rotatable bonds is 3. The second kappa shape index (κ2) is 6.52. The van der Waals surface area contributed by atoms with Crippen molar-refractivity contribution in [1.82, 2.24) is 5.32 Å². The molecule has 1 aliphatic rings. The topological polar surface area (TPSA) is 52.5 Å². The fourth-order valence-electron chi connectivity index (χ4n) is 3.94. The van der Waals surface area contributed by atoms with Crippen molar-refractivity contribution < 1.29 is 10.2 Å². The molecule has 124 valence electrons. The molecule has 3 heteroatoms. The molecule has 0 heterocycles. The summed E-state index contributed by atoms with van der Waals surface area (Å²) in [5.41, 5.74) is 1.23. The summed E-state index contributed by atoms with van der Waals surface area (Å²) >= 11 is 0. The van der Waals surface area contributed by atoms with Gasteiger partial charge in [0.2, 0.25) is 0 Å². The summed E-state index contributed by atoms with van der Waals surface area (Å²) < 4.78 is 0. The molecular weight excluding hydrogens is 298 g/mol. The number of aliphatic hydroxyl groups excluding tert-OH is 2. The molecule has 0 amide bonds. The third-order valence-electron chi connectivity index (χ3n) is 5.23. The van der Waals surface area contributed by atoms with Crippen LogP contribution in [-0.2, 0) is 6.54 Å². The van der Waals surface area contributed by atoms with Crippen molar-refractivity contribution in [2.24, 2.45) is 0 Å². The van der Waals surface area contributed by atoms with Gasteiger partial charge in [0.25, 0.3) is 0 Å². The quantitative estimate of drug-likeness (QED) is 0.648. The van der Waals surface area contributed by atoms with Gasteiger partial charge in [-0.15, -0.1) is 0 Å². The normalized spacial score (nSPS) is 24.5. The van der Waals surface area contributed by atoms with E-state index >= 15 is 0 Å². The van der Waals surface area contributed by atoms with Crippen LogP contribution in [0, 0.1) is 0 Å². The molecule has 0 bridgehead atoms. The predicted octanol–water partition coefficient (Wildman–Crippen LogP) is 3.36. The predicted molar refractivity (Wildman–Crippen MR) is 97.9 cm³/mol. The number of hydrogen-bond acceptors (Lipinski definition) is 3. The first-order chi connectivity index (χ1) is 11.7. The van der Waals surface area contributed by atoms with Crippen molar-refractivity contribution in [2.45, 2.75) is 44.1 Å². The van der Waals surface area contributed by atoms with Crippen molar-refractivity contribution in [2.75, 3.05) is 0 Å². The molecule has 3 aromatic rings. The summed E-state index contributed by atoms with van der Waals surface area (Å²) in [6, 6.07) is 18.8. The van der Waals surface area contributed by atoms with Gasteiger partial charge in [-0.3, -0.25) is 0 Å². The Labute approximate surface area is 141 Å². The van der Waals surface area contributed by atoms with Crippen LogP contribution >= 0.6 is 0 Å². The van der Waals surface area contributed by atoms with E-state index in [4.69, 9.17) is 0 Å². The minimum absolute atomic E-state index is 0.253. The Hall–Kier alpha value is -1.94. The van der Waals surface area contributed by atoms with E-state index < -0.39 is 12.2 Å². The fraction of sp³-hybridized carbons (Fsp3) is 0.333. The lowest BCUT2D eigenvalue weighted by molar-refractivity contribution is 0.000951. The molecule has 1 fully saturated rings. The summed E-state index contributed by atoms with van der Waals surface area (Å²) in [5.74, 6) is 0. The van der Waals surface area contributed by atoms with Gasteiger partial charge in [0, 0.05) is 6.54 Å². The minimum atomic E-state index is -0.477. The zero-order chi connectivity index (χ0) is 16.5. The SMILES string of the molecule is O[C@@H]1CCC[C@H](O)[C@H]1NCc1c2ccccc2cc2ccccc12. The maximum absolute atomic E-state index is 10.2. The molecule has 3 aromatic carbocycles. The molecule has 1 aliphatic carbocycles. The lowest BCUT2D eigenvalue weighted by Crippen LogP contribution is -2.50. The summed E-state index contributed by atoms with van der Waals surface area (Å²) in [6.45, 7) is 0.640. The van der Waals surface area contributed by atoms with Gasteiger partial charge in [-0.05, 0) is 52.4 Å². The van der Waals surface area contributed by atoms with Crippen LogP contribution in [0.3, 0.4) is 0 Å². The molecule has 0 aliphatic heterocycles. The van der Waals surface area contributed by atoms with Gasteiger partial charge in [0.15, 0.2) is 0 Å². The Morgan fingerprint density at radius 1 is 0.833 bits per heavy atom. The van der Waals surface area contributed by atoms with Gasteiger partial charge >= 0.3 is 0 Å². The van der Waals surface area contributed by atoms with Gasteiger partial charge in [-0.1, -0.05) is 48.5 Å². The van der Waals surface area contributed by atoms with E-state index in [2.05, 4.69) is 59.9 Å². The van der Waals surface area contributed by atoms with Gasteiger partial charge in [-0.25, -0.2) is 0 Å². The molecule has 3 nitrogen and oxygen atoms in total. The third-order valence-corrected chi connectivity index (χ3v) is 5.23. The van der Waals surface area contributed by atoms with Crippen molar-refractivity contribution in [1.29, 1.82) is 0 Å². The highest BCUT2D eigenvalue weighted by molar-refractivity contribution is 6.02. The zero-order valence-electron chi connectivity index (χ0n) is 13.7. The molecule has 0 spiro atoms. The van der Waals surface area contributed by atoms with Crippen LogP contribution in [0.25, 0.3) is 21.5 Å². The van der Waals surface area contributed by atoms with Crippen LogP contribution in [0.1, 0.15) is 24.8 Å². The monoisotopic (exact) mass is 321 g/mol. The molecule has 3 atom stereocenters. The molecule has 0 radical (unpaired) electrons. The lowest BCUT2D eigenvalue weighted by Gasteiger charge is -2.33. The molecule has 3 N–H and O–H groups in total. The maximum Gasteiger partial charge on any atom is 0.0718 e. The molecule has 0 saturated heterocycles. The molecule has 0 aromatic heterocycles. The third kappa shape index (κ3) is 2.80. The van der Waals surface area contributed by atoms with Gasteiger partial charge in [-0.2, -0.15) is 0 Å². The Kier molecular flexibility index (Phi) is 4.23. The van der Waals surface area contributed by atoms with Crippen LogP contribution in [0.5, 0.6) is 0 Å². The van der Waals surface area contributed by atoms with E-state index in [-0.39, 0.29) is 6.04 Å². The van der Waals surface area contributed by atoms with Crippen LogP contribution < -0.4 is 5.32 Å². The minimum Gasteiger partial charge on any atom is -0.391 e. The van der Waals surface area contributed by atoms with Gasteiger partial charge in [0.1, 0.15) is 0 Å². The Balaban J connectivity index is 1.74. The molecule has 24 heavy (non-hydrogen) atoms. The second-order valence-electron chi connectivity index (χ2n) is 6.77. The van der Waals surface area contributed by atoms with Crippen LogP contribution in [0.15, 0.2) is 54.6 Å².